The van der Waals surface area contributed by atoms with E-state index in [-0.39, 0.29) is 5.69 Å². The van der Waals surface area contributed by atoms with Gasteiger partial charge in [0.05, 0.1) is 7.11 Å². The number of aromatic nitrogens is 2. The third kappa shape index (κ3) is 1.30. The molecule has 0 N–H and O–H groups in total. The Kier molecular flexibility index (Phi) is 2.38. The Bertz CT molecular complexity index is 319. The van der Waals surface area contributed by atoms with Gasteiger partial charge in [-0.1, -0.05) is 11.6 Å². The highest BCUT2D eigenvalue weighted by Crippen LogP contribution is 2.17. The number of aryl methyl sites for hydroxylation is 1. The van der Waals surface area contributed by atoms with Gasteiger partial charge in [-0.3, -0.25) is 4.68 Å². The molecule has 12 heavy (non-hydrogen) atoms. The number of rotatable bonds is 1. The summed E-state index contributed by atoms with van der Waals surface area (Å²) in [5, 5.41) is 4.34. The fourth-order valence-corrected chi connectivity index (χ4v) is 1.03. The molecular weight excluding hydrogens is 180 g/mol. The van der Waals surface area contributed by atoms with Gasteiger partial charge in [0.15, 0.2) is 5.69 Å². The van der Waals surface area contributed by atoms with Crippen LogP contribution in [0.4, 0.5) is 0 Å². The van der Waals surface area contributed by atoms with Gasteiger partial charge in [-0.25, -0.2) is 4.79 Å². The minimum atomic E-state index is -0.463. The fourth-order valence-electron chi connectivity index (χ4n) is 0.900. The number of methoxy groups -OCH3 is 1. The summed E-state index contributed by atoms with van der Waals surface area (Å²) in [5.41, 5.74) is 0.913. The monoisotopic (exact) mass is 188 g/mol. The van der Waals surface area contributed by atoms with E-state index >= 15 is 0 Å². The van der Waals surface area contributed by atoms with Crippen molar-refractivity contribution in [1.29, 1.82) is 0 Å². The van der Waals surface area contributed by atoms with E-state index in [1.54, 1.807) is 14.0 Å². The van der Waals surface area contributed by atoms with Crippen LogP contribution in [0.5, 0.6) is 0 Å². The molecule has 1 aromatic rings. The molecule has 0 amide bonds. The zero-order valence-electron chi connectivity index (χ0n) is 7.09. The predicted octanol–water partition coefficient (Wildman–Crippen LogP) is 1.17. The first-order valence-corrected chi connectivity index (χ1v) is 3.73. The van der Waals surface area contributed by atoms with Crippen molar-refractivity contribution >= 4 is 17.6 Å². The molecule has 0 bridgehead atoms. The first-order chi connectivity index (χ1) is 5.57. The molecule has 0 unspecified atom stereocenters. The number of carbonyl (C=O) groups is 1. The van der Waals surface area contributed by atoms with Crippen molar-refractivity contribution in [3.05, 3.63) is 16.4 Å². The Morgan fingerprint density at radius 2 is 2.25 bits per heavy atom. The molecule has 0 saturated heterocycles. The predicted molar refractivity (Wildman–Crippen MR) is 44.3 cm³/mol. The van der Waals surface area contributed by atoms with Crippen LogP contribution in [-0.2, 0) is 11.8 Å². The van der Waals surface area contributed by atoms with E-state index in [2.05, 4.69) is 9.84 Å². The van der Waals surface area contributed by atoms with Crippen LogP contribution in [0.15, 0.2) is 0 Å². The maximum atomic E-state index is 11.0. The molecule has 0 radical (unpaired) electrons. The zero-order valence-corrected chi connectivity index (χ0v) is 7.84. The van der Waals surface area contributed by atoms with E-state index in [9.17, 15) is 4.79 Å². The van der Waals surface area contributed by atoms with Crippen molar-refractivity contribution in [2.75, 3.05) is 7.11 Å². The molecule has 0 spiro atoms. The van der Waals surface area contributed by atoms with Gasteiger partial charge in [0.1, 0.15) is 5.15 Å². The molecule has 5 heteroatoms. The smallest absolute Gasteiger partial charge is 0.358 e. The van der Waals surface area contributed by atoms with E-state index in [4.69, 9.17) is 11.6 Å². The molecule has 66 valence electrons. The van der Waals surface area contributed by atoms with Crippen molar-refractivity contribution in [1.82, 2.24) is 9.78 Å². The summed E-state index contributed by atoms with van der Waals surface area (Å²) >= 11 is 5.79. The first-order valence-electron chi connectivity index (χ1n) is 3.35. The maximum Gasteiger partial charge on any atom is 0.358 e. The van der Waals surface area contributed by atoms with Crippen LogP contribution in [-0.4, -0.2) is 22.9 Å². The van der Waals surface area contributed by atoms with E-state index in [0.717, 1.165) is 0 Å². The van der Waals surface area contributed by atoms with Gasteiger partial charge < -0.3 is 4.74 Å². The van der Waals surface area contributed by atoms with E-state index in [0.29, 0.717) is 10.7 Å². The van der Waals surface area contributed by atoms with Gasteiger partial charge in [0.2, 0.25) is 0 Å². The van der Waals surface area contributed by atoms with Gasteiger partial charge in [-0.05, 0) is 6.92 Å². The number of esters is 1. The van der Waals surface area contributed by atoms with Crippen LogP contribution < -0.4 is 0 Å². The maximum absolute atomic E-state index is 11.0. The lowest BCUT2D eigenvalue weighted by atomic mass is 10.3. The lowest BCUT2D eigenvalue weighted by molar-refractivity contribution is 0.0592. The first kappa shape index (κ1) is 9.06. The molecule has 0 saturated carbocycles. The van der Waals surface area contributed by atoms with Gasteiger partial charge in [0.25, 0.3) is 0 Å². The lowest BCUT2D eigenvalue weighted by Crippen LogP contribution is -2.04. The van der Waals surface area contributed by atoms with Crippen LogP contribution in [0.2, 0.25) is 5.15 Å². The highest BCUT2D eigenvalue weighted by molar-refractivity contribution is 6.30. The third-order valence-electron chi connectivity index (χ3n) is 1.58. The Morgan fingerprint density at radius 3 is 2.58 bits per heavy atom. The SMILES string of the molecule is COC(=O)c1nn(C)c(Cl)c1C. The summed E-state index contributed by atoms with van der Waals surface area (Å²) in [7, 11) is 2.98. The van der Waals surface area contributed by atoms with Crippen molar-refractivity contribution in [3.8, 4) is 0 Å². The highest BCUT2D eigenvalue weighted by atomic mass is 35.5. The minimum Gasteiger partial charge on any atom is -0.464 e. The molecule has 1 rings (SSSR count). The molecule has 1 heterocycles. The molecular formula is C7H9ClN2O2. The number of hydrogen-bond acceptors (Lipinski definition) is 3. The molecule has 0 aliphatic rings. The van der Waals surface area contributed by atoms with Crippen LogP contribution in [0.3, 0.4) is 0 Å². The van der Waals surface area contributed by atoms with Gasteiger partial charge in [0, 0.05) is 12.6 Å². The van der Waals surface area contributed by atoms with E-state index < -0.39 is 5.97 Å². The Morgan fingerprint density at radius 1 is 1.67 bits per heavy atom. The summed E-state index contributed by atoms with van der Waals surface area (Å²) in [6.07, 6.45) is 0. The Balaban J connectivity index is 3.17. The van der Waals surface area contributed by atoms with Crippen molar-refractivity contribution in [2.45, 2.75) is 6.92 Å². The van der Waals surface area contributed by atoms with Crippen molar-refractivity contribution < 1.29 is 9.53 Å². The summed E-state index contributed by atoms with van der Waals surface area (Å²) < 4.78 is 5.95. The fraction of sp³-hybridized carbons (Fsp3) is 0.429. The largest absolute Gasteiger partial charge is 0.464 e. The second-order valence-electron chi connectivity index (χ2n) is 2.38. The molecule has 1 aromatic heterocycles. The van der Waals surface area contributed by atoms with Crippen LogP contribution in [0, 0.1) is 6.92 Å². The van der Waals surface area contributed by atoms with Gasteiger partial charge in [-0.2, -0.15) is 5.10 Å². The zero-order chi connectivity index (χ0) is 9.30. The molecule has 0 aliphatic carbocycles. The standard InChI is InChI=1S/C7H9ClN2O2/c1-4-5(7(11)12-3)9-10(2)6(4)8/h1-3H3. The molecule has 0 aliphatic heterocycles. The lowest BCUT2D eigenvalue weighted by Gasteiger charge is -1.93. The van der Waals surface area contributed by atoms with E-state index in [1.165, 1.54) is 11.8 Å². The summed E-state index contributed by atoms with van der Waals surface area (Å²) in [4.78, 5) is 11.0. The topological polar surface area (TPSA) is 44.1 Å². The van der Waals surface area contributed by atoms with Crippen LogP contribution in [0.1, 0.15) is 16.1 Å². The minimum absolute atomic E-state index is 0.269. The molecule has 0 fully saturated rings. The number of halogens is 1. The van der Waals surface area contributed by atoms with Gasteiger partial charge in [-0.15, -0.1) is 0 Å². The van der Waals surface area contributed by atoms with Crippen LogP contribution >= 0.6 is 11.6 Å². The summed E-state index contributed by atoms with van der Waals surface area (Å²) in [6.45, 7) is 1.72. The van der Waals surface area contributed by atoms with Crippen LogP contribution in [0.25, 0.3) is 0 Å². The quantitative estimate of drug-likeness (QED) is 0.622. The number of ether oxygens (including phenoxy) is 1. The normalized spacial score (nSPS) is 10.0. The van der Waals surface area contributed by atoms with Gasteiger partial charge >= 0.3 is 5.97 Å². The average molecular weight is 189 g/mol. The summed E-state index contributed by atoms with van der Waals surface area (Å²) in [6, 6.07) is 0. The van der Waals surface area contributed by atoms with E-state index in [1.807, 2.05) is 0 Å². The van der Waals surface area contributed by atoms with Crippen molar-refractivity contribution in [3.63, 3.8) is 0 Å². The average Bonchev–Trinajstić information content (AvgIpc) is 2.32. The number of nitrogens with zero attached hydrogens (tertiary/aromatic N) is 2. The molecule has 4 nitrogen and oxygen atoms in total. The highest BCUT2D eigenvalue weighted by Gasteiger charge is 2.17. The Labute approximate surface area is 75.1 Å². The number of hydrogen-bond donors (Lipinski definition) is 0. The summed E-state index contributed by atoms with van der Waals surface area (Å²) in [5.74, 6) is -0.463. The third-order valence-corrected chi connectivity index (χ3v) is 2.11. The van der Waals surface area contributed by atoms with Crippen molar-refractivity contribution in [2.24, 2.45) is 7.05 Å². The number of carbonyl (C=O) groups excluding carboxylic acids is 1. The Hall–Kier alpha value is -1.03. The second kappa shape index (κ2) is 3.15. The second-order valence-corrected chi connectivity index (χ2v) is 2.74. The molecule has 0 atom stereocenters. The molecule has 0 aromatic carbocycles.